The molecule has 1 aromatic carbocycles. The van der Waals surface area contributed by atoms with Crippen LogP contribution in [0.5, 0.6) is 0 Å². The minimum Gasteiger partial charge on any atom is -0.439 e. The van der Waals surface area contributed by atoms with E-state index < -0.39 is 0 Å². The normalized spacial score (nSPS) is 16.1. The van der Waals surface area contributed by atoms with Gasteiger partial charge in [-0.05, 0) is 31.4 Å². The van der Waals surface area contributed by atoms with Crippen molar-refractivity contribution in [3.8, 4) is 0 Å². The SMILES string of the molecule is Cc1cccc2oc(CNC3CC3)nc12. The zero-order chi connectivity index (χ0) is 10.3. The Morgan fingerprint density at radius 2 is 2.33 bits per heavy atom. The number of fused-ring (bicyclic) bond motifs is 1. The summed E-state index contributed by atoms with van der Waals surface area (Å²) in [6.45, 7) is 2.81. The lowest BCUT2D eigenvalue weighted by Crippen LogP contribution is -2.15. The number of hydrogen-bond donors (Lipinski definition) is 1. The quantitative estimate of drug-likeness (QED) is 0.830. The molecule has 0 spiro atoms. The van der Waals surface area contributed by atoms with Gasteiger partial charge in [0.25, 0.3) is 0 Å². The van der Waals surface area contributed by atoms with Gasteiger partial charge in [-0.3, -0.25) is 0 Å². The largest absolute Gasteiger partial charge is 0.439 e. The molecule has 78 valence electrons. The van der Waals surface area contributed by atoms with E-state index >= 15 is 0 Å². The van der Waals surface area contributed by atoms with Gasteiger partial charge in [-0.2, -0.15) is 0 Å². The maximum absolute atomic E-state index is 5.65. The van der Waals surface area contributed by atoms with Crippen LogP contribution in [0.15, 0.2) is 22.6 Å². The fourth-order valence-electron chi connectivity index (χ4n) is 1.73. The highest BCUT2D eigenvalue weighted by Crippen LogP contribution is 2.21. The van der Waals surface area contributed by atoms with Crippen molar-refractivity contribution in [1.82, 2.24) is 10.3 Å². The first-order valence-electron chi connectivity index (χ1n) is 5.41. The molecule has 0 unspecified atom stereocenters. The topological polar surface area (TPSA) is 38.1 Å². The Labute approximate surface area is 88.5 Å². The summed E-state index contributed by atoms with van der Waals surface area (Å²) in [7, 11) is 0. The highest BCUT2D eigenvalue weighted by Gasteiger charge is 2.21. The average molecular weight is 202 g/mol. The van der Waals surface area contributed by atoms with Crippen molar-refractivity contribution in [2.24, 2.45) is 0 Å². The van der Waals surface area contributed by atoms with Crippen LogP contribution in [0.3, 0.4) is 0 Å². The molecule has 2 aromatic rings. The molecule has 3 nitrogen and oxygen atoms in total. The molecule has 3 heteroatoms. The average Bonchev–Trinajstić information content (AvgIpc) is 2.95. The van der Waals surface area contributed by atoms with Gasteiger partial charge in [0.05, 0.1) is 6.54 Å². The summed E-state index contributed by atoms with van der Waals surface area (Å²) in [5.41, 5.74) is 3.06. The first-order chi connectivity index (χ1) is 7.33. The molecule has 1 heterocycles. The van der Waals surface area contributed by atoms with Crippen LogP contribution < -0.4 is 5.32 Å². The summed E-state index contributed by atoms with van der Waals surface area (Å²) in [6.07, 6.45) is 2.58. The molecular formula is C12H14N2O. The summed E-state index contributed by atoms with van der Waals surface area (Å²) >= 11 is 0. The number of aromatic nitrogens is 1. The van der Waals surface area contributed by atoms with Gasteiger partial charge in [-0.25, -0.2) is 4.98 Å². The molecule has 15 heavy (non-hydrogen) atoms. The van der Waals surface area contributed by atoms with Crippen molar-refractivity contribution in [3.63, 3.8) is 0 Å². The van der Waals surface area contributed by atoms with E-state index in [0.717, 1.165) is 23.5 Å². The molecule has 1 aliphatic rings. The summed E-state index contributed by atoms with van der Waals surface area (Å²) < 4.78 is 5.65. The van der Waals surface area contributed by atoms with E-state index in [2.05, 4.69) is 23.3 Å². The fraction of sp³-hybridized carbons (Fsp3) is 0.417. The van der Waals surface area contributed by atoms with Crippen LogP contribution in [0.1, 0.15) is 24.3 Å². The Hall–Kier alpha value is -1.35. The standard InChI is InChI=1S/C12H14N2O/c1-8-3-2-4-10-12(8)14-11(15-10)7-13-9-5-6-9/h2-4,9,13H,5-7H2,1H3. The number of rotatable bonds is 3. The van der Waals surface area contributed by atoms with Gasteiger partial charge in [-0.1, -0.05) is 12.1 Å². The third kappa shape index (κ3) is 1.75. The zero-order valence-electron chi connectivity index (χ0n) is 8.79. The van der Waals surface area contributed by atoms with E-state index in [4.69, 9.17) is 4.42 Å². The van der Waals surface area contributed by atoms with Crippen molar-refractivity contribution in [3.05, 3.63) is 29.7 Å². The molecule has 1 saturated carbocycles. The second kappa shape index (κ2) is 3.35. The molecule has 3 rings (SSSR count). The number of nitrogens with zero attached hydrogens (tertiary/aromatic N) is 1. The van der Waals surface area contributed by atoms with E-state index in [9.17, 15) is 0 Å². The lowest BCUT2D eigenvalue weighted by molar-refractivity contribution is 0.494. The number of aryl methyl sites for hydroxylation is 1. The van der Waals surface area contributed by atoms with E-state index in [1.165, 1.54) is 18.4 Å². The lowest BCUT2D eigenvalue weighted by atomic mass is 10.2. The van der Waals surface area contributed by atoms with Crippen LogP contribution in [0, 0.1) is 6.92 Å². The molecule has 1 N–H and O–H groups in total. The first-order valence-corrected chi connectivity index (χ1v) is 5.41. The van der Waals surface area contributed by atoms with Crippen molar-refractivity contribution >= 4 is 11.1 Å². The molecule has 0 bridgehead atoms. The van der Waals surface area contributed by atoms with E-state index in [1.54, 1.807) is 0 Å². The molecule has 0 saturated heterocycles. The fourth-order valence-corrected chi connectivity index (χ4v) is 1.73. The third-order valence-corrected chi connectivity index (χ3v) is 2.78. The number of nitrogens with one attached hydrogen (secondary N) is 1. The summed E-state index contributed by atoms with van der Waals surface area (Å²) in [5, 5.41) is 3.40. The summed E-state index contributed by atoms with van der Waals surface area (Å²) in [6, 6.07) is 6.72. The monoisotopic (exact) mass is 202 g/mol. The smallest absolute Gasteiger partial charge is 0.209 e. The number of hydrogen-bond acceptors (Lipinski definition) is 3. The molecule has 1 fully saturated rings. The molecule has 0 aliphatic heterocycles. The van der Waals surface area contributed by atoms with Gasteiger partial charge in [0, 0.05) is 6.04 Å². The summed E-state index contributed by atoms with van der Waals surface area (Å²) in [4.78, 5) is 4.48. The van der Waals surface area contributed by atoms with Crippen LogP contribution in [-0.4, -0.2) is 11.0 Å². The van der Waals surface area contributed by atoms with Crippen molar-refractivity contribution in [1.29, 1.82) is 0 Å². The highest BCUT2D eigenvalue weighted by molar-refractivity contribution is 5.76. The maximum Gasteiger partial charge on any atom is 0.209 e. The van der Waals surface area contributed by atoms with Crippen LogP contribution >= 0.6 is 0 Å². The van der Waals surface area contributed by atoms with E-state index in [0.29, 0.717) is 6.04 Å². The number of para-hydroxylation sites is 1. The van der Waals surface area contributed by atoms with E-state index in [-0.39, 0.29) is 0 Å². The van der Waals surface area contributed by atoms with Crippen LogP contribution in [-0.2, 0) is 6.54 Å². The number of oxazole rings is 1. The predicted molar refractivity (Wildman–Crippen MR) is 58.6 cm³/mol. The predicted octanol–water partition coefficient (Wildman–Crippen LogP) is 2.39. The second-order valence-electron chi connectivity index (χ2n) is 4.18. The zero-order valence-corrected chi connectivity index (χ0v) is 8.79. The van der Waals surface area contributed by atoms with Crippen molar-refractivity contribution in [2.45, 2.75) is 32.4 Å². The van der Waals surface area contributed by atoms with Gasteiger partial charge in [0.1, 0.15) is 5.52 Å². The van der Waals surface area contributed by atoms with Gasteiger partial charge < -0.3 is 9.73 Å². The molecule has 0 amide bonds. The van der Waals surface area contributed by atoms with Gasteiger partial charge in [0.15, 0.2) is 5.58 Å². The van der Waals surface area contributed by atoms with Gasteiger partial charge >= 0.3 is 0 Å². The molecular weight excluding hydrogens is 188 g/mol. The third-order valence-electron chi connectivity index (χ3n) is 2.78. The van der Waals surface area contributed by atoms with Crippen LogP contribution in [0.4, 0.5) is 0 Å². The minimum absolute atomic E-state index is 0.695. The number of benzene rings is 1. The molecule has 1 aromatic heterocycles. The van der Waals surface area contributed by atoms with Gasteiger partial charge in [0.2, 0.25) is 5.89 Å². The van der Waals surface area contributed by atoms with Gasteiger partial charge in [-0.15, -0.1) is 0 Å². The van der Waals surface area contributed by atoms with Crippen molar-refractivity contribution in [2.75, 3.05) is 0 Å². The lowest BCUT2D eigenvalue weighted by Gasteiger charge is -1.95. The Bertz CT molecular complexity index is 485. The Balaban J connectivity index is 1.88. The Morgan fingerprint density at radius 1 is 1.47 bits per heavy atom. The second-order valence-corrected chi connectivity index (χ2v) is 4.18. The van der Waals surface area contributed by atoms with Crippen molar-refractivity contribution < 1.29 is 4.42 Å². The maximum atomic E-state index is 5.65. The molecule has 0 radical (unpaired) electrons. The van der Waals surface area contributed by atoms with Crippen LogP contribution in [0.25, 0.3) is 11.1 Å². The van der Waals surface area contributed by atoms with E-state index in [1.807, 2.05) is 12.1 Å². The summed E-state index contributed by atoms with van der Waals surface area (Å²) in [5.74, 6) is 0.797. The Kier molecular flexibility index (Phi) is 1.99. The minimum atomic E-state index is 0.695. The molecule has 1 aliphatic carbocycles. The van der Waals surface area contributed by atoms with Crippen LogP contribution in [0.2, 0.25) is 0 Å². The molecule has 0 atom stereocenters. The highest BCUT2D eigenvalue weighted by atomic mass is 16.3. The Morgan fingerprint density at radius 3 is 3.07 bits per heavy atom. The first kappa shape index (κ1) is 8.92.